The number of hydrogen-bond acceptors (Lipinski definition) is 6. The highest BCUT2D eigenvalue weighted by molar-refractivity contribution is 6.31. The average Bonchev–Trinajstić information content (AvgIpc) is 3.65. The largest absolute Gasteiger partial charge is 0.486 e. The Balaban J connectivity index is 1.19. The molecule has 44 heavy (non-hydrogen) atoms. The molecular formula is C34H38ClN3O6. The van der Waals surface area contributed by atoms with Gasteiger partial charge < -0.3 is 29.7 Å². The molecule has 2 saturated heterocycles. The van der Waals surface area contributed by atoms with Crippen LogP contribution < -0.4 is 20.1 Å². The normalized spacial score (nSPS) is 35.0. The third-order valence-corrected chi connectivity index (χ3v) is 10.8. The lowest BCUT2D eigenvalue weighted by atomic mass is 9.73. The number of nitrogens with zero attached hydrogens (tertiary/aromatic N) is 1. The Bertz CT molecular complexity index is 1530. The molecule has 4 aliphatic heterocycles. The average molecular weight is 620 g/mol. The molecule has 9 atom stereocenters. The van der Waals surface area contributed by atoms with Crippen molar-refractivity contribution in [2.45, 2.75) is 69.9 Å². The number of carbonyl (C=O) groups excluding carboxylic acids is 3. The summed E-state index contributed by atoms with van der Waals surface area (Å²) in [5.41, 5.74) is 0.161. The maximum atomic E-state index is 14.4. The Morgan fingerprint density at radius 3 is 2.68 bits per heavy atom. The Morgan fingerprint density at radius 2 is 1.89 bits per heavy atom. The van der Waals surface area contributed by atoms with Crippen molar-refractivity contribution in [3.8, 4) is 11.5 Å². The van der Waals surface area contributed by atoms with Gasteiger partial charge in [0.05, 0.1) is 24.5 Å². The van der Waals surface area contributed by atoms with Crippen molar-refractivity contribution >= 4 is 35.0 Å². The molecule has 1 saturated carbocycles. The summed E-state index contributed by atoms with van der Waals surface area (Å²) in [4.78, 5) is 44.1. The second-order valence-electron chi connectivity index (χ2n) is 13.0. The van der Waals surface area contributed by atoms with Gasteiger partial charge in [-0.25, -0.2) is 0 Å². The van der Waals surface area contributed by atoms with Gasteiger partial charge in [0.1, 0.15) is 18.2 Å². The lowest BCUT2D eigenvalue weighted by Gasteiger charge is -2.38. The number of benzene rings is 2. The Morgan fingerprint density at radius 1 is 1.09 bits per heavy atom. The van der Waals surface area contributed by atoms with Gasteiger partial charge in [-0.05, 0) is 55.0 Å². The number of ether oxygens (including phenoxy) is 3. The highest BCUT2D eigenvalue weighted by atomic mass is 35.5. The van der Waals surface area contributed by atoms with Gasteiger partial charge in [0.15, 0.2) is 17.6 Å². The summed E-state index contributed by atoms with van der Waals surface area (Å²) in [6.45, 7) is 6.62. The Kier molecular flexibility index (Phi) is 7.36. The number of amides is 3. The zero-order valence-corrected chi connectivity index (χ0v) is 25.9. The smallest absolute Gasteiger partial charge is 0.246 e. The van der Waals surface area contributed by atoms with Crippen LogP contribution in [-0.4, -0.2) is 65.7 Å². The van der Waals surface area contributed by atoms with E-state index < -0.39 is 35.7 Å². The number of para-hydroxylation sites is 2. The van der Waals surface area contributed by atoms with Crippen LogP contribution in [0.3, 0.4) is 0 Å². The van der Waals surface area contributed by atoms with Crippen LogP contribution in [0.1, 0.15) is 38.7 Å². The van der Waals surface area contributed by atoms with Gasteiger partial charge in [0, 0.05) is 16.8 Å². The van der Waals surface area contributed by atoms with Gasteiger partial charge in [0.25, 0.3) is 0 Å². The first-order valence-corrected chi connectivity index (χ1v) is 16.0. The molecule has 4 heterocycles. The predicted molar refractivity (Wildman–Crippen MR) is 165 cm³/mol. The minimum absolute atomic E-state index is 0.00671. The standard InChI is InChI=1S/C34H38ClN3O6/c1-18-7-6-8-24(20(18)3)37-32(40)30-34-14-13-27(44-34)28(31(39)36-21-12-11-19(2)23(35)15-21)29(34)33(41)38(30)16-22-17-42-25-9-4-5-10-26(25)43-22/h4-5,9-15,18,20,22,24,27-30H,6-8,16-17H2,1-3H3,(H,36,39)(H,37,40)/t18-,20+,22+,24+,27+,28-,29+,30+,34+/m0/s1. The van der Waals surface area contributed by atoms with Crippen LogP contribution in [0.4, 0.5) is 5.69 Å². The van der Waals surface area contributed by atoms with E-state index in [0.717, 1.165) is 24.8 Å². The fourth-order valence-corrected chi connectivity index (χ4v) is 7.96. The van der Waals surface area contributed by atoms with Crippen LogP contribution in [-0.2, 0) is 19.1 Å². The summed E-state index contributed by atoms with van der Waals surface area (Å²) in [6, 6.07) is 11.7. The van der Waals surface area contributed by atoms with E-state index in [1.807, 2.05) is 49.4 Å². The van der Waals surface area contributed by atoms with Crippen LogP contribution in [0.25, 0.3) is 0 Å². The number of halogens is 1. The number of nitrogens with one attached hydrogen (secondary N) is 2. The van der Waals surface area contributed by atoms with Crippen LogP contribution in [0.5, 0.6) is 11.5 Å². The van der Waals surface area contributed by atoms with Crippen molar-refractivity contribution in [1.82, 2.24) is 10.2 Å². The van der Waals surface area contributed by atoms with E-state index in [4.69, 9.17) is 25.8 Å². The third-order valence-electron chi connectivity index (χ3n) is 10.4. The maximum absolute atomic E-state index is 14.4. The summed E-state index contributed by atoms with van der Waals surface area (Å²) in [6.07, 6.45) is 5.57. The first-order chi connectivity index (χ1) is 21.2. The minimum atomic E-state index is -1.27. The lowest BCUT2D eigenvalue weighted by molar-refractivity contribution is -0.143. The van der Waals surface area contributed by atoms with E-state index in [0.29, 0.717) is 34.0 Å². The molecule has 9 nitrogen and oxygen atoms in total. The molecule has 3 amide bonds. The first kappa shape index (κ1) is 29.2. The highest BCUT2D eigenvalue weighted by Gasteiger charge is 2.73. The minimum Gasteiger partial charge on any atom is -0.486 e. The summed E-state index contributed by atoms with van der Waals surface area (Å²) in [7, 11) is 0. The van der Waals surface area contributed by atoms with Crippen molar-refractivity contribution in [3.63, 3.8) is 0 Å². The zero-order chi connectivity index (χ0) is 30.7. The van der Waals surface area contributed by atoms with E-state index in [-0.39, 0.29) is 36.9 Å². The van der Waals surface area contributed by atoms with Crippen LogP contribution in [0.2, 0.25) is 5.02 Å². The van der Waals surface area contributed by atoms with Gasteiger partial charge in [-0.3, -0.25) is 14.4 Å². The molecule has 10 heteroatoms. The summed E-state index contributed by atoms with van der Waals surface area (Å²) >= 11 is 6.31. The molecule has 2 bridgehead atoms. The number of fused-ring (bicyclic) bond motifs is 2. The molecule has 0 radical (unpaired) electrons. The first-order valence-electron chi connectivity index (χ1n) is 15.6. The predicted octanol–water partition coefficient (Wildman–Crippen LogP) is 4.52. The van der Waals surface area contributed by atoms with E-state index in [1.165, 1.54) is 0 Å². The Labute approximate surface area is 262 Å². The Hall–Kier alpha value is -3.56. The topological polar surface area (TPSA) is 106 Å². The molecule has 2 aromatic carbocycles. The van der Waals surface area contributed by atoms with Crippen molar-refractivity contribution < 1.29 is 28.6 Å². The molecule has 2 aromatic rings. The molecule has 232 valence electrons. The second-order valence-corrected chi connectivity index (χ2v) is 13.4. The molecule has 2 N–H and O–H groups in total. The molecule has 0 unspecified atom stereocenters. The van der Waals surface area contributed by atoms with Crippen molar-refractivity contribution in [1.29, 1.82) is 0 Å². The van der Waals surface area contributed by atoms with E-state index >= 15 is 0 Å². The molecule has 0 aromatic heterocycles. The number of anilines is 1. The van der Waals surface area contributed by atoms with E-state index in [2.05, 4.69) is 24.5 Å². The number of aryl methyl sites for hydroxylation is 1. The fourth-order valence-electron chi connectivity index (χ4n) is 7.78. The SMILES string of the molecule is Cc1ccc(NC(=O)[C@H]2[C@H]3C=C[C@@]4(O3)[C@H]2C(=O)N(C[C@@H]2COc3ccccc3O2)[C@@H]4C(=O)N[C@@H]2CCC[C@H](C)[C@H]2C)cc1Cl. The van der Waals surface area contributed by atoms with Gasteiger partial charge in [-0.2, -0.15) is 0 Å². The van der Waals surface area contributed by atoms with E-state index in [1.54, 1.807) is 17.0 Å². The summed E-state index contributed by atoms with van der Waals surface area (Å²) in [5.74, 6) is -0.580. The molecule has 5 aliphatic rings. The summed E-state index contributed by atoms with van der Waals surface area (Å²) < 4.78 is 18.7. The van der Waals surface area contributed by atoms with Gasteiger partial charge in [-0.15, -0.1) is 0 Å². The highest BCUT2D eigenvalue weighted by Crippen LogP contribution is 2.55. The number of carbonyl (C=O) groups is 3. The van der Waals surface area contributed by atoms with Gasteiger partial charge in [0.2, 0.25) is 17.7 Å². The van der Waals surface area contributed by atoms with Gasteiger partial charge in [-0.1, -0.05) is 68.6 Å². The quantitative estimate of drug-likeness (QED) is 0.461. The molecule has 1 spiro atoms. The molecule has 1 aliphatic carbocycles. The monoisotopic (exact) mass is 619 g/mol. The van der Waals surface area contributed by atoms with Crippen molar-refractivity contribution in [3.05, 3.63) is 65.2 Å². The molecule has 7 rings (SSSR count). The number of hydrogen-bond donors (Lipinski definition) is 2. The van der Waals surface area contributed by atoms with Crippen LogP contribution in [0.15, 0.2) is 54.6 Å². The maximum Gasteiger partial charge on any atom is 0.246 e. The summed E-state index contributed by atoms with van der Waals surface area (Å²) in [5, 5.41) is 6.77. The third kappa shape index (κ3) is 4.76. The zero-order valence-electron chi connectivity index (χ0n) is 25.1. The number of rotatable bonds is 6. The van der Waals surface area contributed by atoms with Crippen molar-refractivity contribution in [2.24, 2.45) is 23.7 Å². The van der Waals surface area contributed by atoms with Crippen LogP contribution in [0, 0.1) is 30.6 Å². The van der Waals surface area contributed by atoms with Gasteiger partial charge >= 0.3 is 0 Å². The number of likely N-dealkylation sites (tertiary alicyclic amines) is 1. The van der Waals surface area contributed by atoms with Crippen molar-refractivity contribution in [2.75, 3.05) is 18.5 Å². The second kappa shape index (κ2) is 11.1. The van der Waals surface area contributed by atoms with E-state index in [9.17, 15) is 14.4 Å². The molecule has 3 fully saturated rings. The lowest BCUT2D eigenvalue weighted by Crippen LogP contribution is -2.59. The molecular weight excluding hydrogens is 582 g/mol. The fraction of sp³-hybridized carbons (Fsp3) is 0.500. The van der Waals surface area contributed by atoms with Crippen LogP contribution >= 0.6 is 11.6 Å².